The van der Waals surface area contributed by atoms with Crippen molar-refractivity contribution >= 4 is 41.5 Å². The van der Waals surface area contributed by atoms with Gasteiger partial charge in [-0.2, -0.15) is 0 Å². The molecule has 3 aromatic rings. The van der Waals surface area contributed by atoms with Crippen LogP contribution in [-0.2, 0) is 13.1 Å². The Morgan fingerprint density at radius 1 is 1.00 bits per heavy atom. The van der Waals surface area contributed by atoms with E-state index in [1.54, 1.807) is 23.1 Å². The van der Waals surface area contributed by atoms with Gasteiger partial charge in [0.2, 0.25) is 0 Å². The number of halogens is 3. The third-order valence-corrected chi connectivity index (χ3v) is 5.16. The normalized spacial score (nSPS) is 13.1. The SMILES string of the molecule is Cl.O=C(c1cccc(Cl)c1Cl)N1CCn2cc(-c3ccccc3)nc2C1. The molecule has 0 saturated heterocycles. The monoisotopic (exact) mass is 407 g/mol. The molecule has 4 nitrogen and oxygen atoms in total. The lowest BCUT2D eigenvalue weighted by atomic mass is 10.2. The molecule has 0 N–H and O–H groups in total. The molecule has 26 heavy (non-hydrogen) atoms. The van der Waals surface area contributed by atoms with Crippen LogP contribution in [0.4, 0.5) is 0 Å². The zero-order chi connectivity index (χ0) is 17.4. The summed E-state index contributed by atoms with van der Waals surface area (Å²) >= 11 is 12.2. The molecule has 0 bridgehead atoms. The van der Waals surface area contributed by atoms with Gasteiger partial charge in [-0.05, 0) is 12.1 Å². The lowest BCUT2D eigenvalue weighted by Crippen LogP contribution is -2.38. The molecule has 0 unspecified atom stereocenters. The van der Waals surface area contributed by atoms with Crippen LogP contribution in [0.15, 0.2) is 54.7 Å². The summed E-state index contributed by atoms with van der Waals surface area (Å²) in [6.07, 6.45) is 2.04. The summed E-state index contributed by atoms with van der Waals surface area (Å²) in [5, 5.41) is 0.686. The van der Waals surface area contributed by atoms with Crippen molar-refractivity contribution in [3.8, 4) is 11.3 Å². The number of rotatable bonds is 2. The number of hydrogen-bond donors (Lipinski definition) is 0. The van der Waals surface area contributed by atoms with Crippen molar-refractivity contribution in [1.82, 2.24) is 14.5 Å². The van der Waals surface area contributed by atoms with Crippen molar-refractivity contribution in [3.05, 3.63) is 76.2 Å². The number of carbonyl (C=O) groups excluding carboxylic acids is 1. The molecule has 1 aliphatic heterocycles. The topological polar surface area (TPSA) is 38.1 Å². The Hall–Kier alpha value is -2.01. The molecular formula is C19H16Cl3N3O. The molecule has 1 aromatic heterocycles. The summed E-state index contributed by atoms with van der Waals surface area (Å²) < 4.78 is 2.10. The third-order valence-electron chi connectivity index (χ3n) is 4.34. The molecule has 4 rings (SSSR count). The Morgan fingerprint density at radius 3 is 2.54 bits per heavy atom. The molecule has 2 heterocycles. The average Bonchev–Trinajstić information content (AvgIpc) is 3.07. The molecule has 0 radical (unpaired) electrons. The van der Waals surface area contributed by atoms with E-state index in [4.69, 9.17) is 28.2 Å². The summed E-state index contributed by atoms with van der Waals surface area (Å²) in [6, 6.07) is 15.1. The first kappa shape index (κ1) is 18.8. The van der Waals surface area contributed by atoms with Crippen LogP contribution in [0.3, 0.4) is 0 Å². The van der Waals surface area contributed by atoms with E-state index in [0.717, 1.165) is 17.1 Å². The molecule has 2 aromatic carbocycles. The van der Waals surface area contributed by atoms with Crippen molar-refractivity contribution in [2.75, 3.05) is 6.54 Å². The maximum absolute atomic E-state index is 12.8. The third kappa shape index (κ3) is 3.45. The first-order valence-electron chi connectivity index (χ1n) is 7.98. The number of aromatic nitrogens is 2. The van der Waals surface area contributed by atoms with Crippen LogP contribution < -0.4 is 0 Å². The Balaban J connectivity index is 0.00000196. The van der Waals surface area contributed by atoms with E-state index in [1.165, 1.54) is 0 Å². The number of carbonyl (C=O) groups is 1. The van der Waals surface area contributed by atoms with E-state index >= 15 is 0 Å². The van der Waals surface area contributed by atoms with E-state index in [1.807, 2.05) is 36.5 Å². The second-order valence-corrected chi connectivity index (χ2v) is 6.72. The predicted molar refractivity (Wildman–Crippen MR) is 106 cm³/mol. The summed E-state index contributed by atoms with van der Waals surface area (Å²) in [4.78, 5) is 19.3. The van der Waals surface area contributed by atoms with Crippen LogP contribution in [0.2, 0.25) is 10.0 Å². The fraction of sp³-hybridized carbons (Fsp3) is 0.158. The largest absolute Gasteiger partial charge is 0.331 e. The van der Waals surface area contributed by atoms with E-state index in [9.17, 15) is 4.79 Å². The van der Waals surface area contributed by atoms with E-state index in [2.05, 4.69) is 4.57 Å². The maximum Gasteiger partial charge on any atom is 0.255 e. The quantitative estimate of drug-likeness (QED) is 0.603. The van der Waals surface area contributed by atoms with Gasteiger partial charge in [0.25, 0.3) is 5.91 Å². The Bertz CT molecular complexity index is 940. The minimum Gasteiger partial charge on any atom is -0.331 e. The second kappa shape index (κ2) is 7.70. The highest BCUT2D eigenvalue weighted by Crippen LogP contribution is 2.28. The highest BCUT2D eigenvalue weighted by molar-refractivity contribution is 6.43. The Labute approximate surface area is 167 Å². The van der Waals surface area contributed by atoms with Crippen molar-refractivity contribution in [1.29, 1.82) is 0 Å². The summed E-state index contributed by atoms with van der Waals surface area (Å²) in [6.45, 7) is 1.77. The van der Waals surface area contributed by atoms with Gasteiger partial charge in [0.1, 0.15) is 5.82 Å². The zero-order valence-electron chi connectivity index (χ0n) is 13.7. The highest BCUT2D eigenvalue weighted by atomic mass is 35.5. The van der Waals surface area contributed by atoms with Gasteiger partial charge in [-0.3, -0.25) is 4.79 Å². The smallest absolute Gasteiger partial charge is 0.255 e. The number of imidazole rings is 1. The van der Waals surface area contributed by atoms with Crippen LogP contribution in [0, 0.1) is 0 Å². The molecule has 1 aliphatic rings. The molecule has 0 saturated carbocycles. The molecular weight excluding hydrogens is 393 g/mol. The van der Waals surface area contributed by atoms with Gasteiger partial charge in [-0.15, -0.1) is 12.4 Å². The second-order valence-electron chi connectivity index (χ2n) is 5.93. The number of fused-ring (bicyclic) bond motifs is 1. The summed E-state index contributed by atoms with van der Waals surface area (Å²) in [5.41, 5.74) is 2.42. The van der Waals surface area contributed by atoms with Crippen molar-refractivity contribution < 1.29 is 4.79 Å². The van der Waals surface area contributed by atoms with Crippen LogP contribution in [0.1, 0.15) is 16.2 Å². The summed E-state index contributed by atoms with van der Waals surface area (Å²) in [5.74, 6) is 0.750. The first-order chi connectivity index (χ1) is 12.1. The van der Waals surface area contributed by atoms with Crippen LogP contribution in [-0.4, -0.2) is 26.9 Å². The van der Waals surface area contributed by atoms with Gasteiger partial charge in [0.05, 0.1) is 27.8 Å². The first-order valence-corrected chi connectivity index (χ1v) is 8.74. The summed E-state index contributed by atoms with van der Waals surface area (Å²) in [7, 11) is 0. The van der Waals surface area contributed by atoms with E-state index in [0.29, 0.717) is 35.2 Å². The van der Waals surface area contributed by atoms with Gasteiger partial charge < -0.3 is 9.47 Å². The Morgan fingerprint density at radius 2 is 1.77 bits per heavy atom. The van der Waals surface area contributed by atoms with Crippen LogP contribution >= 0.6 is 35.6 Å². The van der Waals surface area contributed by atoms with Gasteiger partial charge in [-0.25, -0.2) is 4.98 Å². The van der Waals surface area contributed by atoms with Gasteiger partial charge in [0.15, 0.2) is 0 Å². The highest BCUT2D eigenvalue weighted by Gasteiger charge is 2.25. The molecule has 0 aliphatic carbocycles. The lowest BCUT2D eigenvalue weighted by Gasteiger charge is -2.28. The molecule has 1 amide bonds. The number of amides is 1. The van der Waals surface area contributed by atoms with Crippen LogP contribution in [0.25, 0.3) is 11.3 Å². The lowest BCUT2D eigenvalue weighted by molar-refractivity contribution is 0.0707. The molecule has 0 atom stereocenters. The maximum atomic E-state index is 12.8. The van der Waals surface area contributed by atoms with Gasteiger partial charge >= 0.3 is 0 Å². The predicted octanol–water partition coefficient (Wildman–Crippen LogP) is 4.93. The van der Waals surface area contributed by atoms with Crippen molar-refractivity contribution in [2.24, 2.45) is 0 Å². The Kier molecular flexibility index (Phi) is 5.56. The fourth-order valence-electron chi connectivity index (χ4n) is 3.01. The number of nitrogens with zero attached hydrogens (tertiary/aromatic N) is 3. The van der Waals surface area contributed by atoms with Crippen molar-refractivity contribution in [2.45, 2.75) is 13.1 Å². The zero-order valence-corrected chi connectivity index (χ0v) is 16.1. The van der Waals surface area contributed by atoms with Gasteiger partial charge in [-0.1, -0.05) is 59.6 Å². The molecule has 0 spiro atoms. The molecule has 7 heteroatoms. The molecule has 0 fully saturated rings. The fourth-order valence-corrected chi connectivity index (χ4v) is 3.39. The minimum absolute atomic E-state index is 0. The number of hydrogen-bond acceptors (Lipinski definition) is 2. The minimum atomic E-state index is -0.122. The van der Waals surface area contributed by atoms with Crippen LogP contribution in [0.5, 0.6) is 0 Å². The molecule has 134 valence electrons. The van der Waals surface area contributed by atoms with Gasteiger partial charge in [0, 0.05) is 24.8 Å². The number of benzene rings is 2. The van der Waals surface area contributed by atoms with E-state index in [-0.39, 0.29) is 18.3 Å². The van der Waals surface area contributed by atoms with Crippen molar-refractivity contribution in [3.63, 3.8) is 0 Å². The standard InChI is InChI=1S/C19H15Cl2N3O.ClH/c20-15-8-4-7-14(18(15)21)19(25)24-10-9-23-11-16(22-17(23)12-24)13-5-2-1-3-6-13;/h1-8,11H,9-10,12H2;1H. The average molecular weight is 409 g/mol. The van der Waals surface area contributed by atoms with E-state index < -0.39 is 0 Å².